The van der Waals surface area contributed by atoms with Crippen molar-refractivity contribution in [1.29, 1.82) is 0 Å². The second-order valence-corrected chi connectivity index (χ2v) is 11.9. The molecule has 1 aliphatic carbocycles. The van der Waals surface area contributed by atoms with Gasteiger partial charge in [-0.05, 0) is 81.1 Å². The van der Waals surface area contributed by atoms with Crippen molar-refractivity contribution >= 4 is 15.8 Å². The van der Waals surface area contributed by atoms with Gasteiger partial charge in [0.15, 0.2) is 17.3 Å². The molecule has 3 atom stereocenters. The minimum absolute atomic E-state index is 0.0342. The van der Waals surface area contributed by atoms with Crippen molar-refractivity contribution in [3.8, 4) is 17.3 Å². The van der Waals surface area contributed by atoms with Gasteiger partial charge in [-0.25, -0.2) is 9.67 Å². The monoisotopic (exact) mass is 572 g/mol. The molecule has 2 aliphatic rings. The highest BCUT2D eigenvalue weighted by molar-refractivity contribution is 7.86. The van der Waals surface area contributed by atoms with E-state index in [2.05, 4.69) is 10.1 Å². The average molecular weight is 573 g/mol. The normalized spacial score (nSPS) is 20.1. The number of aliphatic imine (C=N–C) groups is 1. The molecule has 0 unspecified atom stereocenters. The van der Waals surface area contributed by atoms with Gasteiger partial charge in [0.05, 0.1) is 36.5 Å². The smallest absolute Gasteiger partial charge is 0.297 e. The number of hydrogen-bond acceptors (Lipinski definition) is 8. The molecule has 0 saturated heterocycles. The Balaban J connectivity index is 1.35. The van der Waals surface area contributed by atoms with Crippen LogP contribution in [0.3, 0.4) is 0 Å². The third-order valence-corrected chi connectivity index (χ3v) is 9.06. The summed E-state index contributed by atoms with van der Waals surface area (Å²) >= 11 is 0. The zero-order valence-electron chi connectivity index (χ0n) is 23.2. The summed E-state index contributed by atoms with van der Waals surface area (Å²) in [5, 5.41) is 4.26. The van der Waals surface area contributed by atoms with E-state index in [1.807, 2.05) is 56.6 Å². The van der Waals surface area contributed by atoms with Gasteiger partial charge in [-0.2, -0.15) is 13.5 Å². The lowest BCUT2D eigenvalue weighted by Crippen LogP contribution is -2.36. The molecule has 212 valence electrons. The molecule has 1 saturated carbocycles. The van der Waals surface area contributed by atoms with Crippen LogP contribution in [0.15, 0.2) is 83.1 Å². The number of rotatable bonds is 8. The van der Waals surface area contributed by atoms with Gasteiger partial charge >= 0.3 is 0 Å². The van der Waals surface area contributed by atoms with Crippen LogP contribution in [0.4, 0.5) is 0 Å². The Morgan fingerprint density at radius 1 is 1.05 bits per heavy atom. The first kappa shape index (κ1) is 27.2. The lowest BCUT2D eigenvalue weighted by atomic mass is 9.74. The fraction of sp³-hybridized carbons (Fsp3) is 0.323. The minimum atomic E-state index is -3.89. The Labute approximate surface area is 240 Å². The molecule has 2 aromatic carbocycles. The van der Waals surface area contributed by atoms with Gasteiger partial charge in [0, 0.05) is 35.6 Å². The van der Waals surface area contributed by atoms with Gasteiger partial charge in [0.25, 0.3) is 10.1 Å². The van der Waals surface area contributed by atoms with Crippen molar-refractivity contribution in [1.82, 2.24) is 14.8 Å². The Morgan fingerprint density at radius 2 is 1.88 bits per heavy atom. The number of hydrogen-bond donors (Lipinski definition) is 0. The predicted molar refractivity (Wildman–Crippen MR) is 155 cm³/mol. The van der Waals surface area contributed by atoms with Crippen LogP contribution >= 0.6 is 0 Å². The standard InChI is InChI=1S/C31H32N4O5S/c1-4-39-29-17-24-25-16-22(40-41(36,37)23-10-6-20(2)7-11-23)9-12-27(25)34-31(26(24)18-28(29)38-3)21-8-13-30(32-19-21)35-15-5-14-33-35/h5-8,10-11,13-15,17-19,22,25,27H,4,9,12,16H2,1-3H3/t22-,25-,27-/m1/s1. The maximum Gasteiger partial charge on any atom is 0.297 e. The lowest BCUT2D eigenvalue weighted by Gasteiger charge is -2.38. The first-order chi connectivity index (χ1) is 19.9. The van der Waals surface area contributed by atoms with Crippen LogP contribution in [0.5, 0.6) is 11.5 Å². The highest BCUT2D eigenvalue weighted by Crippen LogP contribution is 2.46. The third-order valence-electron chi connectivity index (χ3n) is 7.68. The summed E-state index contributed by atoms with van der Waals surface area (Å²) in [6.07, 6.45) is 6.71. The van der Waals surface area contributed by atoms with Crippen molar-refractivity contribution in [2.45, 2.75) is 56.1 Å². The first-order valence-corrected chi connectivity index (χ1v) is 15.2. The Bertz CT molecular complexity index is 1670. The third kappa shape index (κ3) is 5.37. The summed E-state index contributed by atoms with van der Waals surface area (Å²) in [6.45, 7) is 4.34. The number of aryl methyl sites for hydroxylation is 1. The average Bonchev–Trinajstić information content (AvgIpc) is 3.52. The molecule has 9 nitrogen and oxygen atoms in total. The van der Waals surface area contributed by atoms with Gasteiger partial charge in [0.1, 0.15) is 0 Å². The highest BCUT2D eigenvalue weighted by atomic mass is 32.2. The summed E-state index contributed by atoms with van der Waals surface area (Å²) in [7, 11) is -2.27. The predicted octanol–water partition coefficient (Wildman–Crippen LogP) is 5.24. The molecule has 2 aromatic heterocycles. The topological polar surface area (TPSA) is 105 Å². The van der Waals surface area contributed by atoms with E-state index in [1.54, 1.807) is 42.3 Å². The van der Waals surface area contributed by atoms with E-state index in [0.29, 0.717) is 43.2 Å². The molecule has 0 spiro atoms. The Kier molecular flexibility index (Phi) is 7.35. The molecule has 0 amide bonds. The summed E-state index contributed by atoms with van der Waals surface area (Å²) in [5.41, 5.74) is 4.66. The second kappa shape index (κ2) is 11.1. The zero-order valence-corrected chi connectivity index (χ0v) is 24.0. The van der Waals surface area contributed by atoms with Crippen molar-refractivity contribution in [2.24, 2.45) is 4.99 Å². The maximum absolute atomic E-state index is 13.1. The number of ether oxygens (including phenoxy) is 2. The van der Waals surface area contributed by atoms with E-state index in [-0.39, 0.29) is 16.9 Å². The van der Waals surface area contributed by atoms with E-state index in [1.165, 1.54) is 0 Å². The van der Waals surface area contributed by atoms with Crippen LogP contribution in [-0.2, 0) is 14.3 Å². The number of aromatic nitrogens is 3. The first-order valence-electron chi connectivity index (χ1n) is 13.8. The van der Waals surface area contributed by atoms with Crippen molar-refractivity contribution in [3.05, 3.63) is 95.4 Å². The van der Waals surface area contributed by atoms with E-state index in [4.69, 9.17) is 18.6 Å². The summed E-state index contributed by atoms with van der Waals surface area (Å²) in [4.78, 5) is 10.0. The number of pyridine rings is 1. The van der Waals surface area contributed by atoms with Gasteiger partial charge in [-0.1, -0.05) is 17.7 Å². The number of methoxy groups -OCH3 is 1. The maximum atomic E-state index is 13.1. The minimum Gasteiger partial charge on any atom is -0.493 e. The molecular weight excluding hydrogens is 540 g/mol. The molecule has 0 N–H and O–H groups in total. The van der Waals surface area contributed by atoms with Crippen LogP contribution in [0.1, 0.15) is 54.4 Å². The van der Waals surface area contributed by atoms with Crippen molar-refractivity contribution in [2.75, 3.05) is 13.7 Å². The van der Waals surface area contributed by atoms with Crippen LogP contribution in [-0.4, -0.2) is 54.8 Å². The quantitative estimate of drug-likeness (QED) is 0.266. The Hall–Kier alpha value is -4.02. The zero-order chi connectivity index (χ0) is 28.6. The number of fused-ring (bicyclic) bond motifs is 3. The van der Waals surface area contributed by atoms with E-state index in [9.17, 15) is 8.42 Å². The van der Waals surface area contributed by atoms with Crippen molar-refractivity contribution < 1.29 is 22.1 Å². The van der Waals surface area contributed by atoms with Crippen molar-refractivity contribution in [3.63, 3.8) is 0 Å². The summed E-state index contributed by atoms with van der Waals surface area (Å²) in [6, 6.07) is 16.5. The molecule has 4 aromatic rings. The molecular formula is C31H32N4O5S. The molecule has 0 bridgehead atoms. The van der Waals surface area contributed by atoms with Gasteiger partial charge in [0.2, 0.25) is 0 Å². The molecule has 1 fully saturated rings. The molecule has 10 heteroatoms. The second-order valence-electron chi connectivity index (χ2n) is 10.3. The van der Waals surface area contributed by atoms with Crippen LogP contribution in [0.2, 0.25) is 0 Å². The molecule has 0 radical (unpaired) electrons. The Morgan fingerprint density at radius 3 is 2.56 bits per heavy atom. The molecule has 41 heavy (non-hydrogen) atoms. The molecule has 3 heterocycles. The van der Waals surface area contributed by atoms with E-state index in [0.717, 1.165) is 28.0 Å². The largest absolute Gasteiger partial charge is 0.493 e. The van der Waals surface area contributed by atoms with Crippen LogP contribution in [0.25, 0.3) is 5.82 Å². The summed E-state index contributed by atoms with van der Waals surface area (Å²) < 4.78 is 45.3. The van der Waals surface area contributed by atoms with E-state index < -0.39 is 16.2 Å². The van der Waals surface area contributed by atoms with Gasteiger partial charge < -0.3 is 9.47 Å². The molecule has 6 rings (SSSR count). The van der Waals surface area contributed by atoms with Crippen LogP contribution in [0, 0.1) is 6.92 Å². The fourth-order valence-electron chi connectivity index (χ4n) is 5.68. The van der Waals surface area contributed by atoms with Gasteiger partial charge in [-0.15, -0.1) is 0 Å². The fourth-order valence-corrected chi connectivity index (χ4v) is 6.79. The summed E-state index contributed by atoms with van der Waals surface area (Å²) in [5.74, 6) is 1.94. The lowest BCUT2D eigenvalue weighted by molar-refractivity contribution is 0.140. The SMILES string of the molecule is CCOc1cc2c(cc1OC)C(c1ccc(-n3cccn3)nc1)=N[C@@H]1CC[C@@H](OS(=O)(=O)c3ccc(C)cc3)C[C@H]21. The van der Waals surface area contributed by atoms with Crippen LogP contribution < -0.4 is 9.47 Å². The highest BCUT2D eigenvalue weighted by Gasteiger charge is 2.39. The number of nitrogens with zero attached hydrogens (tertiary/aromatic N) is 4. The van der Waals surface area contributed by atoms with E-state index >= 15 is 0 Å². The molecule has 1 aliphatic heterocycles. The number of benzene rings is 2. The van der Waals surface area contributed by atoms with Gasteiger partial charge in [-0.3, -0.25) is 9.18 Å².